The Morgan fingerprint density at radius 1 is 0.524 bits per heavy atom. The summed E-state index contributed by atoms with van der Waals surface area (Å²) < 4.78 is 6.40. The predicted molar refractivity (Wildman–Crippen MR) is 180 cm³/mol. The monoisotopic (exact) mass is 580 g/mol. The van der Waals surface area contributed by atoms with Crippen LogP contribution in [-0.4, -0.2) is 6.10 Å². The molecule has 2 unspecified atom stereocenters. The van der Waals surface area contributed by atoms with Crippen LogP contribution >= 0.6 is 0 Å². The lowest BCUT2D eigenvalue weighted by Gasteiger charge is -2.22. The molecule has 2 aromatic rings. The first kappa shape index (κ1) is 36.4. The van der Waals surface area contributed by atoms with E-state index in [1.165, 1.54) is 134 Å². The Morgan fingerprint density at radius 3 is 1.57 bits per heavy atom. The van der Waals surface area contributed by atoms with E-state index in [9.17, 15) is 0 Å². The fourth-order valence-electron chi connectivity index (χ4n) is 5.66. The molecule has 0 aliphatic carbocycles. The maximum Gasteiger partial charge on any atom is 0.229 e. The Hall–Kier alpha value is -1.84. The van der Waals surface area contributed by atoms with E-state index in [1.807, 2.05) is 30.3 Å². The zero-order valence-corrected chi connectivity index (χ0v) is 27.6. The Morgan fingerprint density at radius 2 is 1.00 bits per heavy atom. The van der Waals surface area contributed by atoms with Crippen molar-refractivity contribution >= 4 is 0 Å². The minimum Gasteiger partial charge on any atom is -0.342 e. The van der Waals surface area contributed by atoms with E-state index in [1.54, 1.807) is 0 Å². The normalized spacial score (nSPS) is 12.8. The van der Waals surface area contributed by atoms with Gasteiger partial charge in [0.1, 0.15) is 0 Å². The van der Waals surface area contributed by atoms with Gasteiger partial charge in [0.2, 0.25) is 6.29 Å². The number of ether oxygens (including phenoxy) is 1. The predicted octanol–water partition coefficient (Wildman–Crippen LogP) is 12.9. The van der Waals surface area contributed by atoms with Crippen LogP contribution in [0, 0.1) is 0 Å². The van der Waals surface area contributed by atoms with Crippen LogP contribution in [0.1, 0.15) is 173 Å². The fourth-order valence-corrected chi connectivity index (χ4v) is 5.66. The molecule has 0 fully saturated rings. The van der Waals surface area contributed by atoms with Gasteiger partial charge < -0.3 is 9.62 Å². The van der Waals surface area contributed by atoms with Crippen molar-refractivity contribution < 1.29 is 14.5 Å². The van der Waals surface area contributed by atoms with Crippen LogP contribution in [0.2, 0.25) is 0 Å². The molecule has 3 heteroatoms. The van der Waals surface area contributed by atoms with Gasteiger partial charge in [0.05, 0.1) is 6.10 Å². The summed E-state index contributed by atoms with van der Waals surface area (Å²) in [6.45, 7) is 6.72. The van der Waals surface area contributed by atoms with Gasteiger partial charge in [-0.3, -0.25) is 0 Å². The molecule has 0 bridgehead atoms. The smallest absolute Gasteiger partial charge is 0.229 e. The lowest BCUT2D eigenvalue weighted by molar-refractivity contribution is -0.333. The maximum absolute atomic E-state index is 6.40. The SMILES string of the molecule is CCCCCCCCCCCCCCCCC(C)OC(OOc1ccccc1CCCCCCCC)c1ccccc1. The first-order valence-electron chi connectivity index (χ1n) is 17.9. The summed E-state index contributed by atoms with van der Waals surface area (Å²) in [4.78, 5) is 11.9. The van der Waals surface area contributed by atoms with Crippen LogP contribution in [0.25, 0.3) is 0 Å². The van der Waals surface area contributed by atoms with Crippen molar-refractivity contribution in [3.8, 4) is 5.75 Å². The molecular weight excluding hydrogens is 516 g/mol. The summed E-state index contributed by atoms with van der Waals surface area (Å²) in [5, 5.41) is 0. The maximum atomic E-state index is 6.40. The number of para-hydroxylation sites is 1. The van der Waals surface area contributed by atoms with Crippen molar-refractivity contribution in [1.82, 2.24) is 0 Å². The summed E-state index contributed by atoms with van der Waals surface area (Å²) >= 11 is 0. The van der Waals surface area contributed by atoms with Crippen LogP contribution in [0.5, 0.6) is 5.75 Å². The molecule has 0 saturated heterocycles. The van der Waals surface area contributed by atoms with Gasteiger partial charge in [-0.15, -0.1) is 0 Å². The van der Waals surface area contributed by atoms with E-state index >= 15 is 0 Å². The summed E-state index contributed by atoms with van der Waals surface area (Å²) in [7, 11) is 0. The number of aryl methyl sites for hydroxylation is 1. The fraction of sp³-hybridized carbons (Fsp3) is 0.692. The molecular formula is C39H64O3. The highest BCUT2D eigenvalue weighted by Gasteiger charge is 2.19. The van der Waals surface area contributed by atoms with Crippen LogP contribution in [0.4, 0.5) is 0 Å². The van der Waals surface area contributed by atoms with Gasteiger partial charge in [0.25, 0.3) is 0 Å². The van der Waals surface area contributed by atoms with Crippen molar-refractivity contribution in [2.45, 2.75) is 174 Å². The molecule has 2 rings (SSSR count). The Balaban J connectivity index is 1.66. The second-order valence-corrected chi connectivity index (χ2v) is 12.4. The van der Waals surface area contributed by atoms with Crippen LogP contribution in [-0.2, 0) is 16.0 Å². The number of benzene rings is 2. The molecule has 0 spiro atoms. The van der Waals surface area contributed by atoms with Gasteiger partial charge >= 0.3 is 0 Å². The van der Waals surface area contributed by atoms with Crippen LogP contribution in [0.15, 0.2) is 54.6 Å². The molecule has 0 aromatic heterocycles. The van der Waals surface area contributed by atoms with Gasteiger partial charge in [-0.2, -0.15) is 4.89 Å². The first-order valence-corrected chi connectivity index (χ1v) is 17.9. The zero-order chi connectivity index (χ0) is 29.9. The number of hydrogen-bond donors (Lipinski definition) is 0. The molecule has 0 N–H and O–H groups in total. The van der Waals surface area contributed by atoms with E-state index in [2.05, 4.69) is 45.0 Å². The molecule has 0 amide bonds. The second-order valence-electron chi connectivity index (χ2n) is 12.4. The van der Waals surface area contributed by atoms with E-state index in [0.29, 0.717) is 0 Å². The Kier molecular flexibility index (Phi) is 22.2. The van der Waals surface area contributed by atoms with Crippen LogP contribution in [0.3, 0.4) is 0 Å². The molecule has 0 saturated carbocycles. The van der Waals surface area contributed by atoms with Crippen molar-refractivity contribution in [2.24, 2.45) is 0 Å². The summed E-state index contributed by atoms with van der Waals surface area (Å²) in [6, 6.07) is 18.4. The number of unbranched alkanes of at least 4 members (excludes halogenated alkanes) is 18. The third kappa shape index (κ3) is 18.0. The molecule has 0 heterocycles. The standard InChI is InChI=1S/C39H64O3/c1-4-6-8-10-12-13-14-15-16-17-18-19-20-23-29-35(3)40-39(37-32-25-22-26-33-37)42-41-38-34-28-27-31-36(38)30-24-21-11-9-7-5-2/h22,25-28,31-35,39H,4-21,23-24,29-30H2,1-3H3. The second kappa shape index (κ2) is 25.6. The lowest BCUT2D eigenvalue weighted by atomic mass is 10.0. The summed E-state index contributed by atoms with van der Waals surface area (Å²) in [5.74, 6) is 0.801. The van der Waals surface area contributed by atoms with Crippen molar-refractivity contribution in [2.75, 3.05) is 0 Å². The van der Waals surface area contributed by atoms with Gasteiger partial charge in [-0.25, -0.2) is 0 Å². The summed E-state index contributed by atoms with van der Waals surface area (Å²) in [5.41, 5.74) is 2.19. The van der Waals surface area contributed by atoms with E-state index in [0.717, 1.165) is 24.2 Å². The minimum atomic E-state index is -0.546. The molecule has 3 nitrogen and oxygen atoms in total. The largest absolute Gasteiger partial charge is 0.342 e. The summed E-state index contributed by atoms with van der Waals surface area (Å²) in [6.07, 6.45) is 28.7. The molecule has 0 radical (unpaired) electrons. The Labute approximate surface area is 260 Å². The third-order valence-corrected chi connectivity index (χ3v) is 8.39. The van der Waals surface area contributed by atoms with Gasteiger partial charge in [-0.05, 0) is 37.8 Å². The van der Waals surface area contributed by atoms with Crippen molar-refractivity contribution in [3.63, 3.8) is 0 Å². The number of hydrogen-bond acceptors (Lipinski definition) is 3. The van der Waals surface area contributed by atoms with Crippen molar-refractivity contribution in [3.05, 3.63) is 65.7 Å². The Bertz CT molecular complexity index is 852. The first-order chi connectivity index (χ1) is 20.7. The molecule has 2 atom stereocenters. The van der Waals surface area contributed by atoms with E-state index in [4.69, 9.17) is 14.5 Å². The molecule has 0 aliphatic rings. The third-order valence-electron chi connectivity index (χ3n) is 8.39. The average Bonchev–Trinajstić information content (AvgIpc) is 3.02. The topological polar surface area (TPSA) is 27.7 Å². The minimum absolute atomic E-state index is 0.106. The molecule has 0 aliphatic heterocycles. The van der Waals surface area contributed by atoms with E-state index in [-0.39, 0.29) is 6.10 Å². The van der Waals surface area contributed by atoms with Crippen LogP contribution < -0.4 is 4.89 Å². The van der Waals surface area contributed by atoms with E-state index < -0.39 is 6.29 Å². The van der Waals surface area contributed by atoms with Gasteiger partial charge in [-0.1, -0.05) is 184 Å². The molecule has 42 heavy (non-hydrogen) atoms. The highest BCUT2D eigenvalue weighted by molar-refractivity contribution is 5.33. The quantitative estimate of drug-likeness (QED) is 0.0433. The molecule has 238 valence electrons. The highest BCUT2D eigenvalue weighted by Crippen LogP contribution is 2.27. The highest BCUT2D eigenvalue weighted by atomic mass is 17.2. The number of rotatable bonds is 28. The lowest BCUT2D eigenvalue weighted by Crippen LogP contribution is -2.18. The zero-order valence-electron chi connectivity index (χ0n) is 27.6. The van der Waals surface area contributed by atoms with Gasteiger partial charge in [0.15, 0.2) is 5.75 Å². The average molecular weight is 581 g/mol. The van der Waals surface area contributed by atoms with Crippen molar-refractivity contribution in [1.29, 1.82) is 0 Å². The molecule has 2 aromatic carbocycles. The van der Waals surface area contributed by atoms with Gasteiger partial charge in [0, 0.05) is 5.56 Å².